The molecule has 0 saturated carbocycles. The van der Waals surface area contributed by atoms with Crippen LogP contribution in [0.3, 0.4) is 0 Å². The molecule has 152 valence electrons. The summed E-state index contributed by atoms with van der Waals surface area (Å²) in [5.41, 5.74) is 10.1. The molecule has 3 N–H and O–H groups in total. The van der Waals surface area contributed by atoms with E-state index in [2.05, 4.69) is 15.2 Å². The minimum absolute atomic E-state index is 0.212. The van der Waals surface area contributed by atoms with Gasteiger partial charge in [0.05, 0.1) is 30.7 Å². The average molecular weight is 413 g/mol. The first kappa shape index (κ1) is 19.6. The quantitative estimate of drug-likeness (QED) is 0.669. The molecule has 0 aliphatic carbocycles. The van der Waals surface area contributed by atoms with Crippen molar-refractivity contribution >= 4 is 38.3 Å². The van der Waals surface area contributed by atoms with E-state index >= 15 is 0 Å². The van der Waals surface area contributed by atoms with Crippen LogP contribution in [0.25, 0.3) is 10.2 Å². The van der Waals surface area contributed by atoms with Crippen LogP contribution < -0.4 is 20.7 Å². The van der Waals surface area contributed by atoms with Gasteiger partial charge in [0.2, 0.25) is 0 Å². The zero-order valence-corrected chi connectivity index (χ0v) is 17.3. The Bertz CT molecular complexity index is 1040. The molecule has 2 heterocycles. The molecule has 0 atom stereocenters. The number of benzene rings is 2. The summed E-state index contributed by atoms with van der Waals surface area (Å²) < 4.78 is 12.0. The van der Waals surface area contributed by atoms with Crippen LogP contribution in [0.5, 0.6) is 5.75 Å². The van der Waals surface area contributed by atoms with Crippen molar-refractivity contribution in [3.63, 3.8) is 0 Å². The van der Waals surface area contributed by atoms with Gasteiger partial charge in [0.15, 0.2) is 5.13 Å². The Labute approximate surface area is 173 Å². The molecule has 2 aromatic carbocycles. The van der Waals surface area contributed by atoms with Crippen LogP contribution >= 0.6 is 11.3 Å². The summed E-state index contributed by atoms with van der Waals surface area (Å²) in [6.07, 6.45) is 0. The number of hydrogen-bond acceptors (Lipinski definition) is 7. The molecular formula is C21H24N4O3S. The van der Waals surface area contributed by atoms with Gasteiger partial charge in [-0.05, 0) is 30.7 Å². The van der Waals surface area contributed by atoms with E-state index in [1.54, 1.807) is 13.2 Å². The Balaban J connectivity index is 1.68. The second kappa shape index (κ2) is 8.36. The molecule has 7 nitrogen and oxygen atoms in total. The number of nitrogens with one attached hydrogen (secondary N) is 1. The summed E-state index contributed by atoms with van der Waals surface area (Å²) >= 11 is 1.45. The lowest BCUT2D eigenvalue weighted by Gasteiger charge is -2.29. The zero-order chi connectivity index (χ0) is 20.4. The van der Waals surface area contributed by atoms with Gasteiger partial charge in [0, 0.05) is 25.2 Å². The number of thiazole rings is 1. The van der Waals surface area contributed by atoms with Gasteiger partial charge in [-0.15, -0.1) is 0 Å². The lowest BCUT2D eigenvalue weighted by molar-refractivity contribution is 0.102. The predicted molar refractivity (Wildman–Crippen MR) is 116 cm³/mol. The molecule has 4 rings (SSSR count). The van der Waals surface area contributed by atoms with Gasteiger partial charge < -0.3 is 20.1 Å². The van der Waals surface area contributed by atoms with Crippen LogP contribution in [0.2, 0.25) is 0 Å². The summed E-state index contributed by atoms with van der Waals surface area (Å²) in [7, 11) is 1.63. The number of morpholine rings is 1. The van der Waals surface area contributed by atoms with E-state index in [-0.39, 0.29) is 5.91 Å². The number of ether oxygens (including phenoxy) is 2. The number of carbonyl (C=O) groups excluding carboxylic acids is 1. The molecule has 0 unspecified atom stereocenters. The second-order valence-corrected chi connectivity index (χ2v) is 7.90. The highest BCUT2D eigenvalue weighted by Crippen LogP contribution is 2.39. The molecule has 3 aromatic rings. The number of fused-ring (bicyclic) bond motifs is 1. The fraction of sp³-hybridized carbons (Fsp3) is 0.333. The predicted octanol–water partition coefficient (Wildman–Crippen LogP) is 3.16. The maximum atomic E-state index is 12.9. The van der Waals surface area contributed by atoms with E-state index in [0.29, 0.717) is 36.2 Å². The molecule has 0 spiro atoms. The van der Waals surface area contributed by atoms with Crippen LogP contribution in [0.1, 0.15) is 21.5 Å². The summed E-state index contributed by atoms with van der Waals surface area (Å²) in [5.74, 6) is 0.475. The summed E-state index contributed by atoms with van der Waals surface area (Å²) in [6.45, 7) is 5.33. The van der Waals surface area contributed by atoms with Crippen molar-refractivity contribution in [1.29, 1.82) is 0 Å². The third-order valence-electron chi connectivity index (χ3n) is 5.00. The zero-order valence-electron chi connectivity index (χ0n) is 16.5. The van der Waals surface area contributed by atoms with Gasteiger partial charge in [-0.3, -0.25) is 10.1 Å². The number of amides is 1. The number of carbonyl (C=O) groups is 1. The number of nitrogens with two attached hydrogens (primary N) is 1. The lowest BCUT2D eigenvalue weighted by atomic mass is 10.0. The highest BCUT2D eigenvalue weighted by atomic mass is 32.1. The molecule has 1 saturated heterocycles. The molecule has 1 aromatic heterocycles. The molecule has 0 bridgehead atoms. The SMILES string of the molecule is COc1ccc(N2CCOCC2)c2sc(NC(=O)c3ccc(C)cc3CN)nc12. The smallest absolute Gasteiger partial charge is 0.257 e. The number of rotatable bonds is 5. The van der Waals surface area contributed by atoms with Crippen LogP contribution in [-0.2, 0) is 11.3 Å². The fourth-order valence-electron chi connectivity index (χ4n) is 3.52. The molecule has 1 aliphatic rings. The Morgan fingerprint density at radius 2 is 2.10 bits per heavy atom. The number of nitrogens with zero attached hydrogens (tertiary/aromatic N) is 2. The fourth-order valence-corrected chi connectivity index (χ4v) is 4.54. The van der Waals surface area contributed by atoms with Crippen molar-refractivity contribution < 1.29 is 14.3 Å². The molecule has 29 heavy (non-hydrogen) atoms. The van der Waals surface area contributed by atoms with Crippen molar-refractivity contribution in [2.24, 2.45) is 5.73 Å². The number of anilines is 2. The van der Waals surface area contributed by atoms with E-state index in [4.69, 9.17) is 15.2 Å². The monoisotopic (exact) mass is 412 g/mol. The number of aryl methyl sites for hydroxylation is 1. The maximum absolute atomic E-state index is 12.9. The van der Waals surface area contributed by atoms with E-state index in [1.165, 1.54) is 11.3 Å². The maximum Gasteiger partial charge on any atom is 0.257 e. The minimum Gasteiger partial charge on any atom is -0.494 e. The van der Waals surface area contributed by atoms with Gasteiger partial charge >= 0.3 is 0 Å². The van der Waals surface area contributed by atoms with Crippen molar-refractivity contribution in [2.75, 3.05) is 43.6 Å². The minimum atomic E-state index is -0.212. The van der Waals surface area contributed by atoms with Crippen LogP contribution in [0, 0.1) is 6.92 Å². The number of methoxy groups -OCH3 is 1. The standard InChI is InChI=1S/C21H24N4O3S/c1-13-3-4-15(14(11-13)12-22)20(26)24-21-23-18-17(27-2)6-5-16(19(18)29-21)25-7-9-28-10-8-25/h3-6,11H,7-10,12,22H2,1-2H3,(H,23,24,26). The van der Waals surface area contributed by atoms with E-state index < -0.39 is 0 Å². The van der Waals surface area contributed by atoms with E-state index in [0.717, 1.165) is 40.1 Å². The molecule has 1 amide bonds. The van der Waals surface area contributed by atoms with Gasteiger partial charge in [-0.25, -0.2) is 4.98 Å². The third kappa shape index (κ3) is 3.91. The first-order valence-corrected chi connectivity index (χ1v) is 10.3. The van der Waals surface area contributed by atoms with Gasteiger partial charge in [0.25, 0.3) is 5.91 Å². The highest BCUT2D eigenvalue weighted by molar-refractivity contribution is 7.23. The topological polar surface area (TPSA) is 89.7 Å². The van der Waals surface area contributed by atoms with E-state index in [1.807, 2.05) is 31.2 Å². The summed E-state index contributed by atoms with van der Waals surface area (Å²) in [6, 6.07) is 9.62. The van der Waals surface area contributed by atoms with Crippen molar-refractivity contribution in [3.05, 3.63) is 47.0 Å². The lowest BCUT2D eigenvalue weighted by Crippen LogP contribution is -2.36. The Hall–Kier alpha value is -2.68. The van der Waals surface area contributed by atoms with Crippen LogP contribution in [0.4, 0.5) is 10.8 Å². The highest BCUT2D eigenvalue weighted by Gasteiger charge is 2.20. The molecule has 1 fully saturated rings. The molecule has 1 aliphatic heterocycles. The Kier molecular flexibility index (Phi) is 5.66. The first-order valence-electron chi connectivity index (χ1n) is 9.52. The normalized spacial score (nSPS) is 14.2. The Morgan fingerprint density at radius 3 is 2.83 bits per heavy atom. The molecule has 0 radical (unpaired) electrons. The summed E-state index contributed by atoms with van der Waals surface area (Å²) in [4.78, 5) is 19.8. The second-order valence-electron chi connectivity index (χ2n) is 6.90. The van der Waals surface area contributed by atoms with E-state index in [9.17, 15) is 4.79 Å². The molecule has 8 heteroatoms. The van der Waals surface area contributed by atoms with Crippen molar-refractivity contribution in [2.45, 2.75) is 13.5 Å². The van der Waals surface area contributed by atoms with Crippen LogP contribution in [-0.4, -0.2) is 44.3 Å². The summed E-state index contributed by atoms with van der Waals surface area (Å²) in [5, 5.41) is 3.47. The van der Waals surface area contributed by atoms with Gasteiger partial charge in [-0.1, -0.05) is 29.0 Å². The molecular weight excluding hydrogens is 388 g/mol. The van der Waals surface area contributed by atoms with Gasteiger partial charge in [-0.2, -0.15) is 0 Å². The van der Waals surface area contributed by atoms with Crippen molar-refractivity contribution in [3.8, 4) is 5.75 Å². The number of aromatic nitrogens is 1. The third-order valence-corrected chi connectivity index (χ3v) is 6.00. The van der Waals surface area contributed by atoms with Crippen LogP contribution in [0.15, 0.2) is 30.3 Å². The van der Waals surface area contributed by atoms with Crippen molar-refractivity contribution in [1.82, 2.24) is 4.98 Å². The first-order chi connectivity index (χ1) is 14.1. The van der Waals surface area contributed by atoms with Gasteiger partial charge in [0.1, 0.15) is 11.3 Å². The Morgan fingerprint density at radius 1 is 1.31 bits per heavy atom. The largest absolute Gasteiger partial charge is 0.494 e. The number of hydrogen-bond donors (Lipinski definition) is 2. The average Bonchev–Trinajstić information content (AvgIpc) is 3.16.